The van der Waals surface area contributed by atoms with Gasteiger partial charge in [-0.1, -0.05) is 0 Å². The maximum absolute atomic E-state index is 11.2. The molecule has 0 aromatic heterocycles. The van der Waals surface area contributed by atoms with Gasteiger partial charge in [-0.15, -0.1) is 0 Å². The van der Waals surface area contributed by atoms with Crippen LogP contribution in [0.5, 0.6) is 0 Å². The number of hydrogen-bond donors (Lipinski definition) is 2. The van der Waals surface area contributed by atoms with E-state index in [1.165, 1.54) is 6.92 Å². The molecule has 95 valence electrons. The first-order valence-electron chi connectivity index (χ1n) is 4.29. The van der Waals surface area contributed by atoms with Gasteiger partial charge in [0.05, 0.1) is 4.90 Å². The Kier molecular flexibility index (Phi) is 3.60. The molecule has 0 heterocycles. The highest BCUT2D eigenvalue weighted by Crippen LogP contribution is 2.25. The van der Waals surface area contributed by atoms with Crippen LogP contribution in [0.15, 0.2) is 21.9 Å². The summed E-state index contributed by atoms with van der Waals surface area (Å²) in [6, 6.07) is 2.09. The molecule has 1 radical (unpaired) electrons. The monoisotopic (exact) mass is 280 g/mol. The molecule has 0 spiro atoms. The van der Waals surface area contributed by atoms with E-state index in [4.69, 9.17) is 9.69 Å². The summed E-state index contributed by atoms with van der Waals surface area (Å²) in [5.74, 6) is 0. The van der Waals surface area contributed by atoms with Gasteiger partial charge in [-0.3, -0.25) is 4.55 Å². The van der Waals surface area contributed by atoms with Gasteiger partial charge in [-0.05, 0) is 24.6 Å². The minimum absolute atomic E-state index is 0.249. The molecule has 17 heavy (non-hydrogen) atoms. The van der Waals surface area contributed by atoms with Gasteiger partial charge >= 0.3 is 0 Å². The third-order valence-electron chi connectivity index (χ3n) is 2.04. The van der Waals surface area contributed by atoms with Crippen molar-refractivity contribution < 1.29 is 26.5 Å². The van der Waals surface area contributed by atoms with Crippen LogP contribution < -0.4 is 5.14 Å². The van der Waals surface area contributed by atoms with Crippen molar-refractivity contribution in [3.63, 3.8) is 0 Å². The van der Waals surface area contributed by atoms with Crippen molar-refractivity contribution in [3.8, 4) is 0 Å². The minimum atomic E-state index is -4.67. The van der Waals surface area contributed by atoms with Gasteiger partial charge in [0.1, 0.15) is 11.5 Å². The Morgan fingerprint density at radius 3 is 2.00 bits per heavy atom. The lowest BCUT2D eigenvalue weighted by Crippen LogP contribution is -2.17. The molecule has 0 fully saturated rings. The SMILES string of the molecule is Cc1cc(S(N)(=O)=O)c(C[O])c(S(=O)(=O)O)c1. The van der Waals surface area contributed by atoms with Gasteiger partial charge in [0, 0.05) is 5.56 Å². The van der Waals surface area contributed by atoms with E-state index < -0.39 is 42.1 Å². The predicted molar refractivity (Wildman–Crippen MR) is 56.8 cm³/mol. The molecular formula is C8H10NO6S2. The fourth-order valence-corrected chi connectivity index (χ4v) is 3.12. The standard InChI is InChI=1S/C8H10NO6S2/c1-5-2-7(16(9,11)12)6(4-10)8(3-5)17(13,14)15/h2-3H,4H2,1H3,(H2,9,11,12)(H,13,14,15). The molecule has 0 unspecified atom stereocenters. The molecule has 0 saturated heterocycles. The zero-order valence-corrected chi connectivity index (χ0v) is 10.4. The lowest BCUT2D eigenvalue weighted by molar-refractivity contribution is 0.172. The summed E-state index contributed by atoms with van der Waals surface area (Å²) in [5.41, 5.74) is -0.306. The van der Waals surface area contributed by atoms with Gasteiger partial charge in [0.15, 0.2) is 0 Å². The van der Waals surface area contributed by atoms with E-state index in [2.05, 4.69) is 0 Å². The summed E-state index contributed by atoms with van der Waals surface area (Å²) in [6.07, 6.45) is 0. The van der Waals surface area contributed by atoms with Gasteiger partial charge in [-0.25, -0.2) is 18.7 Å². The highest BCUT2D eigenvalue weighted by Gasteiger charge is 2.24. The fourth-order valence-electron chi connectivity index (χ4n) is 1.38. The van der Waals surface area contributed by atoms with E-state index in [1.54, 1.807) is 0 Å². The molecule has 0 bridgehead atoms. The fraction of sp³-hybridized carbons (Fsp3) is 0.250. The predicted octanol–water partition coefficient (Wildman–Crippen LogP) is -0.180. The number of aryl methyl sites for hydroxylation is 1. The normalized spacial score (nSPS) is 12.7. The summed E-state index contributed by atoms with van der Waals surface area (Å²) >= 11 is 0. The maximum Gasteiger partial charge on any atom is 0.294 e. The number of rotatable bonds is 3. The molecule has 3 N–H and O–H groups in total. The number of nitrogens with two attached hydrogens (primary N) is 1. The molecule has 1 aromatic rings. The zero-order chi connectivity index (χ0) is 13.4. The van der Waals surface area contributed by atoms with Gasteiger partial charge < -0.3 is 0 Å². The third kappa shape index (κ3) is 3.01. The first kappa shape index (κ1) is 14.1. The van der Waals surface area contributed by atoms with Gasteiger partial charge in [0.25, 0.3) is 10.1 Å². The van der Waals surface area contributed by atoms with Crippen LogP contribution in [0.25, 0.3) is 0 Å². The van der Waals surface area contributed by atoms with Crippen LogP contribution in [0.2, 0.25) is 0 Å². The van der Waals surface area contributed by atoms with E-state index in [0.717, 1.165) is 12.1 Å². The summed E-state index contributed by atoms with van der Waals surface area (Å²) in [4.78, 5) is -1.31. The van der Waals surface area contributed by atoms with E-state index >= 15 is 0 Å². The van der Waals surface area contributed by atoms with Crippen molar-refractivity contribution in [1.82, 2.24) is 0 Å². The Morgan fingerprint density at radius 1 is 1.18 bits per heavy atom. The first-order chi connectivity index (χ1) is 7.57. The maximum atomic E-state index is 11.2. The largest absolute Gasteiger partial charge is 0.294 e. The van der Waals surface area contributed by atoms with Crippen LogP contribution in [0.1, 0.15) is 11.1 Å². The molecule has 0 atom stereocenters. The Labute approximate surface area is 98.7 Å². The Bertz CT molecular complexity index is 594. The molecule has 0 amide bonds. The van der Waals surface area contributed by atoms with Crippen molar-refractivity contribution in [2.24, 2.45) is 5.14 Å². The minimum Gasteiger partial charge on any atom is -0.282 e. The average Bonchev–Trinajstić information content (AvgIpc) is 2.13. The van der Waals surface area contributed by atoms with Gasteiger partial charge in [0.2, 0.25) is 10.0 Å². The summed E-state index contributed by atoms with van der Waals surface area (Å²) in [6.45, 7) is 0.291. The van der Waals surface area contributed by atoms with E-state index in [9.17, 15) is 21.9 Å². The van der Waals surface area contributed by atoms with Crippen LogP contribution >= 0.6 is 0 Å². The van der Waals surface area contributed by atoms with Gasteiger partial charge in [-0.2, -0.15) is 8.42 Å². The van der Waals surface area contributed by atoms with Crippen LogP contribution in [0, 0.1) is 6.92 Å². The van der Waals surface area contributed by atoms with Crippen LogP contribution in [-0.4, -0.2) is 21.4 Å². The van der Waals surface area contributed by atoms with Crippen molar-refractivity contribution in [1.29, 1.82) is 0 Å². The van der Waals surface area contributed by atoms with E-state index in [1.807, 2.05) is 0 Å². The summed E-state index contributed by atoms with van der Waals surface area (Å²) in [5, 5.41) is 15.8. The number of sulfonamides is 1. The molecule has 9 heteroatoms. The van der Waals surface area contributed by atoms with Crippen molar-refractivity contribution in [2.45, 2.75) is 23.3 Å². The molecule has 7 nitrogen and oxygen atoms in total. The molecule has 0 aliphatic heterocycles. The molecule has 0 aliphatic carbocycles. The smallest absolute Gasteiger partial charge is 0.282 e. The van der Waals surface area contributed by atoms with Crippen LogP contribution in [0.3, 0.4) is 0 Å². The second-order valence-electron chi connectivity index (χ2n) is 3.40. The summed E-state index contributed by atoms with van der Waals surface area (Å²) in [7, 11) is -8.90. The molecule has 0 aliphatic rings. The van der Waals surface area contributed by atoms with Crippen molar-refractivity contribution in [3.05, 3.63) is 23.3 Å². The van der Waals surface area contributed by atoms with E-state index in [0.29, 0.717) is 0 Å². The second kappa shape index (κ2) is 4.35. The Balaban J connectivity index is 3.83. The molecular weight excluding hydrogens is 270 g/mol. The highest BCUT2D eigenvalue weighted by atomic mass is 32.2. The first-order valence-corrected chi connectivity index (χ1v) is 7.28. The number of primary sulfonamides is 1. The number of hydrogen-bond acceptors (Lipinski definition) is 4. The average molecular weight is 280 g/mol. The second-order valence-corrected chi connectivity index (χ2v) is 6.32. The lowest BCUT2D eigenvalue weighted by Gasteiger charge is -2.10. The Morgan fingerprint density at radius 2 is 1.65 bits per heavy atom. The summed E-state index contributed by atoms with van der Waals surface area (Å²) < 4.78 is 53.4. The Hall–Kier alpha value is -1.00. The van der Waals surface area contributed by atoms with Crippen molar-refractivity contribution in [2.75, 3.05) is 0 Å². The number of benzene rings is 1. The quantitative estimate of drug-likeness (QED) is 0.740. The molecule has 0 saturated carbocycles. The third-order valence-corrected chi connectivity index (χ3v) is 3.94. The lowest BCUT2D eigenvalue weighted by atomic mass is 10.1. The highest BCUT2D eigenvalue weighted by molar-refractivity contribution is 7.89. The van der Waals surface area contributed by atoms with Crippen LogP contribution in [-0.2, 0) is 31.9 Å². The topological polar surface area (TPSA) is 134 Å². The van der Waals surface area contributed by atoms with Crippen LogP contribution in [0.4, 0.5) is 0 Å². The zero-order valence-electron chi connectivity index (χ0n) is 8.74. The van der Waals surface area contributed by atoms with E-state index in [-0.39, 0.29) is 5.56 Å². The molecule has 1 rings (SSSR count). The molecule has 1 aromatic carbocycles. The van der Waals surface area contributed by atoms with Crippen molar-refractivity contribution >= 4 is 20.1 Å².